The van der Waals surface area contributed by atoms with Crippen molar-refractivity contribution in [2.75, 3.05) is 0 Å². The number of nitrogens with zero attached hydrogens (tertiary/aromatic N) is 1. The number of hydrogen-bond donors (Lipinski definition) is 1. The summed E-state index contributed by atoms with van der Waals surface area (Å²) in [5, 5.41) is 0. The van der Waals surface area contributed by atoms with E-state index in [-0.39, 0.29) is 11.8 Å². The molecular formula is C11H16N2O. The summed E-state index contributed by atoms with van der Waals surface area (Å²) in [5.41, 5.74) is 7.10. The second-order valence-corrected chi connectivity index (χ2v) is 3.80. The van der Waals surface area contributed by atoms with Gasteiger partial charge >= 0.3 is 0 Å². The van der Waals surface area contributed by atoms with Gasteiger partial charge in [-0.2, -0.15) is 0 Å². The van der Waals surface area contributed by atoms with Gasteiger partial charge in [0.25, 0.3) is 0 Å². The van der Waals surface area contributed by atoms with Gasteiger partial charge in [0.05, 0.1) is 11.6 Å². The summed E-state index contributed by atoms with van der Waals surface area (Å²) in [4.78, 5) is 15.1. The van der Waals surface area contributed by atoms with Crippen molar-refractivity contribution in [3.05, 3.63) is 29.6 Å². The first-order valence-corrected chi connectivity index (χ1v) is 4.77. The van der Waals surface area contributed by atoms with Gasteiger partial charge in [0, 0.05) is 6.20 Å². The lowest BCUT2D eigenvalue weighted by molar-refractivity contribution is -0.119. The van der Waals surface area contributed by atoms with Crippen LogP contribution in [0.2, 0.25) is 0 Å². The van der Waals surface area contributed by atoms with Crippen LogP contribution in [-0.2, 0) is 4.79 Å². The third kappa shape index (κ3) is 2.31. The molecule has 0 aliphatic heterocycles. The molecule has 1 rings (SSSR count). The van der Waals surface area contributed by atoms with Crippen molar-refractivity contribution in [1.82, 2.24) is 4.98 Å². The molecule has 0 fully saturated rings. The molecule has 0 radical (unpaired) electrons. The van der Waals surface area contributed by atoms with E-state index in [1.54, 1.807) is 13.1 Å². The van der Waals surface area contributed by atoms with Gasteiger partial charge < -0.3 is 5.73 Å². The zero-order valence-corrected chi connectivity index (χ0v) is 8.82. The Labute approximate surface area is 84.3 Å². The van der Waals surface area contributed by atoms with Crippen molar-refractivity contribution in [3.63, 3.8) is 0 Å². The molecule has 0 saturated heterocycles. The number of primary amides is 1. The standard InChI is InChI=1S/C11H16N2O/c1-7(2)9-4-5-10(13-6-9)8(3)11(12)14/h4-8H,1-3H3,(H2,12,14). The highest BCUT2D eigenvalue weighted by atomic mass is 16.1. The molecule has 1 heterocycles. The van der Waals surface area contributed by atoms with Crippen LogP contribution in [0.15, 0.2) is 18.3 Å². The van der Waals surface area contributed by atoms with Crippen LogP contribution in [0.3, 0.4) is 0 Å². The van der Waals surface area contributed by atoms with Crippen molar-refractivity contribution in [3.8, 4) is 0 Å². The molecule has 1 amide bonds. The molecule has 0 aliphatic rings. The van der Waals surface area contributed by atoms with Gasteiger partial charge in [-0.3, -0.25) is 9.78 Å². The maximum atomic E-state index is 10.9. The molecular weight excluding hydrogens is 176 g/mol. The lowest BCUT2D eigenvalue weighted by Crippen LogP contribution is -2.19. The molecule has 0 aliphatic carbocycles. The quantitative estimate of drug-likeness (QED) is 0.793. The molecule has 76 valence electrons. The molecule has 1 atom stereocenters. The van der Waals surface area contributed by atoms with Gasteiger partial charge in [-0.15, -0.1) is 0 Å². The van der Waals surface area contributed by atoms with Crippen LogP contribution in [0.4, 0.5) is 0 Å². The fourth-order valence-electron chi connectivity index (χ4n) is 1.16. The highest BCUT2D eigenvalue weighted by molar-refractivity contribution is 5.80. The Morgan fingerprint density at radius 1 is 1.36 bits per heavy atom. The summed E-state index contributed by atoms with van der Waals surface area (Å²) < 4.78 is 0. The zero-order chi connectivity index (χ0) is 10.7. The number of aromatic nitrogens is 1. The fraction of sp³-hybridized carbons (Fsp3) is 0.455. The van der Waals surface area contributed by atoms with Gasteiger partial charge in [0.1, 0.15) is 0 Å². The number of carbonyl (C=O) groups is 1. The van der Waals surface area contributed by atoms with Crippen molar-refractivity contribution in [2.45, 2.75) is 32.6 Å². The van der Waals surface area contributed by atoms with Crippen molar-refractivity contribution in [2.24, 2.45) is 5.73 Å². The number of rotatable bonds is 3. The van der Waals surface area contributed by atoms with E-state index in [0.29, 0.717) is 5.92 Å². The summed E-state index contributed by atoms with van der Waals surface area (Å²) in [7, 11) is 0. The van der Waals surface area contributed by atoms with Crippen LogP contribution in [-0.4, -0.2) is 10.9 Å². The lowest BCUT2D eigenvalue weighted by atomic mass is 10.0. The average Bonchev–Trinajstić information content (AvgIpc) is 2.16. The first-order chi connectivity index (χ1) is 6.52. The summed E-state index contributed by atoms with van der Waals surface area (Å²) >= 11 is 0. The second kappa shape index (κ2) is 4.22. The first kappa shape index (κ1) is 10.7. The lowest BCUT2D eigenvalue weighted by Gasteiger charge is -2.08. The average molecular weight is 192 g/mol. The summed E-state index contributed by atoms with van der Waals surface area (Å²) in [6.07, 6.45) is 1.80. The van der Waals surface area contributed by atoms with Crippen LogP contribution in [0.25, 0.3) is 0 Å². The number of hydrogen-bond acceptors (Lipinski definition) is 2. The number of carbonyl (C=O) groups excluding carboxylic acids is 1. The fourth-order valence-corrected chi connectivity index (χ4v) is 1.16. The monoisotopic (exact) mass is 192 g/mol. The molecule has 0 saturated carbocycles. The molecule has 1 aromatic rings. The van der Waals surface area contributed by atoms with Gasteiger partial charge in [0.15, 0.2) is 0 Å². The van der Waals surface area contributed by atoms with E-state index in [1.807, 2.05) is 12.1 Å². The molecule has 1 unspecified atom stereocenters. The van der Waals surface area contributed by atoms with Gasteiger partial charge in [0.2, 0.25) is 5.91 Å². The number of amides is 1. The topological polar surface area (TPSA) is 56.0 Å². The van der Waals surface area contributed by atoms with E-state index in [2.05, 4.69) is 18.8 Å². The second-order valence-electron chi connectivity index (χ2n) is 3.80. The molecule has 0 aromatic carbocycles. The van der Waals surface area contributed by atoms with Gasteiger partial charge in [-0.1, -0.05) is 19.9 Å². The van der Waals surface area contributed by atoms with Crippen molar-refractivity contribution < 1.29 is 4.79 Å². The Bertz CT molecular complexity index is 317. The van der Waals surface area contributed by atoms with Crippen LogP contribution in [0, 0.1) is 0 Å². The Morgan fingerprint density at radius 3 is 2.36 bits per heavy atom. The SMILES string of the molecule is CC(C)c1ccc(C(C)C(N)=O)nc1. The predicted octanol–water partition coefficient (Wildman–Crippen LogP) is 1.79. The summed E-state index contributed by atoms with van der Waals surface area (Å²) in [5.74, 6) is -0.188. The maximum absolute atomic E-state index is 10.9. The molecule has 0 spiro atoms. The van der Waals surface area contributed by atoms with Gasteiger partial charge in [-0.25, -0.2) is 0 Å². The van der Waals surface area contributed by atoms with Crippen LogP contribution < -0.4 is 5.73 Å². The minimum atomic E-state index is -0.338. The van der Waals surface area contributed by atoms with E-state index in [1.165, 1.54) is 5.56 Å². The Morgan fingerprint density at radius 2 is 2.00 bits per heavy atom. The van der Waals surface area contributed by atoms with Crippen molar-refractivity contribution >= 4 is 5.91 Å². The molecule has 0 bridgehead atoms. The smallest absolute Gasteiger partial charge is 0.226 e. The largest absolute Gasteiger partial charge is 0.369 e. The Balaban J connectivity index is 2.88. The van der Waals surface area contributed by atoms with E-state index >= 15 is 0 Å². The minimum Gasteiger partial charge on any atom is -0.369 e. The van der Waals surface area contributed by atoms with E-state index in [9.17, 15) is 4.79 Å². The zero-order valence-electron chi connectivity index (χ0n) is 8.82. The Hall–Kier alpha value is -1.38. The van der Waals surface area contributed by atoms with Crippen LogP contribution in [0.5, 0.6) is 0 Å². The van der Waals surface area contributed by atoms with E-state index < -0.39 is 0 Å². The first-order valence-electron chi connectivity index (χ1n) is 4.77. The van der Waals surface area contributed by atoms with Crippen LogP contribution in [0.1, 0.15) is 43.9 Å². The normalized spacial score (nSPS) is 12.9. The number of nitrogens with two attached hydrogens (primary N) is 1. The van der Waals surface area contributed by atoms with Gasteiger partial charge in [-0.05, 0) is 24.5 Å². The molecule has 3 nitrogen and oxygen atoms in total. The molecule has 3 heteroatoms. The maximum Gasteiger partial charge on any atom is 0.226 e. The van der Waals surface area contributed by atoms with E-state index in [4.69, 9.17) is 5.73 Å². The van der Waals surface area contributed by atoms with E-state index in [0.717, 1.165) is 5.69 Å². The third-order valence-electron chi connectivity index (χ3n) is 2.35. The molecule has 2 N–H and O–H groups in total. The Kier molecular flexibility index (Phi) is 3.23. The van der Waals surface area contributed by atoms with Crippen molar-refractivity contribution in [1.29, 1.82) is 0 Å². The minimum absolute atomic E-state index is 0.309. The highest BCUT2D eigenvalue weighted by Crippen LogP contribution is 2.16. The summed E-state index contributed by atoms with van der Waals surface area (Å²) in [6.45, 7) is 5.97. The molecule has 1 aromatic heterocycles. The molecule has 14 heavy (non-hydrogen) atoms. The summed E-state index contributed by atoms with van der Waals surface area (Å²) in [6, 6.07) is 3.86. The highest BCUT2D eigenvalue weighted by Gasteiger charge is 2.12. The third-order valence-corrected chi connectivity index (χ3v) is 2.35. The van der Waals surface area contributed by atoms with Crippen LogP contribution >= 0.6 is 0 Å². The number of pyridine rings is 1. The predicted molar refractivity (Wildman–Crippen MR) is 55.9 cm³/mol.